The Labute approximate surface area is 233 Å². The van der Waals surface area contributed by atoms with Crippen LogP contribution in [0.3, 0.4) is 0 Å². The van der Waals surface area contributed by atoms with E-state index in [-0.39, 0.29) is 29.3 Å². The fourth-order valence-electron chi connectivity index (χ4n) is 5.23. The van der Waals surface area contributed by atoms with E-state index in [2.05, 4.69) is 16.4 Å². The number of ether oxygens (including phenoxy) is 2. The monoisotopic (exact) mass is 558 g/mol. The molecular weight excluding hydrogens is 520 g/mol. The fraction of sp³-hybridized carbons (Fsp3) is 0.500. The summed E-state index contributed by atoms with van der Waals surface area (Å²) >= 11 is 0. The number of methoxy groups -OCH3 is 1. The van der Waals surface area contributed by atoms with E-state index in [0.29, 0.717) is 11.6 Å². The quantitative estimate of drug-likeness (QED) is 0.189. The zero-order valence-electron chi connectivity index (χ0n) is 23.7. The van der Waals surface area contributed by atoms with E-state index in [1.807, 2.05) is 19.9 Å². The molecule has 0 saturated carbocycles. The lowest BCUT2D eigenvalue weighted by molar-refractivity contribution is -0.385. The molecular formula is C28H38N4O8. The number of nitro benzene ring substituents is 1. The van der Waals surface area contributed by atoms with Gasteiger partial charge in [-0.1, -0.05) is 32.1 Å². The Morgan fingerprint density at radius 2 is 1.70 bits per heavy atom. The van der Waals surface area contributed by atoms with Crippen molar-refractivity contribution in [1.29, 1.82) is 0 Å². The molecule has 0 radical (unpaired) electrons. The van der Waals surface area contributed by atoms with Crippen LogP contribution in [0.1, 0.15) is 33.3 Å². The molecule has 1 saturated heterocycles. The second-order valence-corrected chi connectivity index (χ2v) is 10.8. The summed E-state index contributed by atoms with van der Waals surface area (Å²) in [4.78, 5) is 42.0. The molecule has 0 aliphatic carbocycles. The number of non-ortho nitro benzene ring substituents is 1. The molecule has 1 atom stereocenters. The zero-order chi connectivity index (χ0) is 29.8. The highest BCUT2D eigenvalue weighted by Gasteiger charge is 2.52. The molecule has 0 aromatic heterocycles. The predicted octanol–water partition coefficient (Wildman–Crippen LogP) is 2.58. The maximum atomic E-state index is 13.7. The average Bonchev–Trinajstić information content (AvgIpc) is 2.92. The van der Waals surface area contributed by atoms with Crippen LogP contribution in [0.2, 0.25) is 0 Å². The van der Waals surface area contributed by atoms with E-state index in [4.69, 9.17) is 9.47 Å². The van der Waals surface area contributed by atoms with Crippen LogP contribution in [0.15, 0.2) is 59.5 Å². The number of rotatable bonds is 10. The Hall–Kier alpha value is -3.58. The molecule has 1 unspecified atom stereocenters. The van der Waals surface area contributed by atoms with Gasteiger partial charge >= 0.3 is 11.9 Å². The minimum absolute atomic E-state index is 0.0256. The Balaban J connectivity index is 1.93. The largest absolute Gasteiger partial charge is 0.466 e. The Kier molecular flexibility index (Phi) is 9.52. The van der Waals surface area contributed by atoms with Gasteiger partial charge in [0.2, 0.25) is 0 Å². The minimum Gasteiger partial charge on any atom is -0.466 e. The van der Waals surface area contributed by atoms with Crippen LogP contribution in [-0.4, -0.2) is 95.0 Å². The first-order chi connectivity index (χ1) is 18.8. The number of hydrogen-bond donors (Lipinski definition) is 2. The molecule has 2 aliphatic heterocycles. The van der Waals surface area contributed by atoms with Crippen molar-refractivity contribution in [2.75, 3.05) is 53.0 Å². The molecule has 2 aliphatic rings. The molecule has 12 heteroatoms. The lowest BCUT2D eigenvalue weighted by Gasteiger charge is -2.40. The summed E-state index contributed by atoms with van der Waals surface area (Å²) in [5.41, 5.74) is -4.58. The Morgan fingerprint density at radius 1 is 1.12 bits per heavy atom. The summed E-state index contributed by atoms with van der Waals surface area (Å²) < 4.78 is 10.6. The first-order valence-electron chi connectivity index (χ1n) is 13.0. The van der Waals surface area contributed by atoms with E-state index in [0.717, 1.165) is 45.9 Å². The number of nitro groups is 1. The number of carbonyl (C=O) groups is 2. The number of aliphatic hydroxyl groups is 1. The molecule has 1 aromatic carbocycles. The number of carbonyl (C=O) groups excluding carboxylic acids is 2. The smallest absolute Gasteiger partial charge is 0.339 e. The highest BCUT2D eigenvalue weighted by Crippen LogP contribution is 2.46. The van der Waals surface area contributed by atoms with Gasteiger partial charge in [-0.25, -0.2) is 14.7 Å². The van der Waals surface area contributed by atoms with Crippen molar-refractivity contribution >= 4 is 17.6 Å². The maximum Gasteiger partial charge on any atom is 0.339 e. The number of hydroxylamine groups is 2. The van der Waals surface area contributed by atoms with Crippen molar-refractivity contribution < 1.29 is 34.3 Å². The van der Waals surface area contributed by atoms with Gasteiger partial charge in [0.05, 0.1) is 41.2 Å². The molecule has 2 N–H and O–H groups in total. The highest BCUT2D eigenvalue weighted by atomic mass is 16.6. The lowest BCUT2D eigenvalue weighted by atomic mass is 9.75. The van der Waals surface area contributed by atoms with Gasteiger partial charge < -0.3 is 19.5 Å². The first kappa shape index (κ1) is 31.0. The van der Waals surface area contributed by atoms with Crippen molar-refractivity contribution in [3.8, 4) is 0 Å². The van der Waals surface area contributed by atoms with Crippen molar-refractivity contribution in [3.63, 3.8) is 0 Å². The van der Waals surface area contributed by atoms with Crippen molar-refractivity contribution in [3.05, 3.63) is 75.1 Å². The molecule has 0 spiro atoms. The number of esters is 2. The van der Waals surface area contributed by atoms with Gasteiger partial charge in [-0.15, -0.1) is 6.58 Å². The summed E-state index contributed by atoms with van der Waals surface area (Å²) in [5, 5.41) is 35.0. The molecule has 0 bridgehead atoms. The van der Waals surface area contributed by atoms with Gasteiger partial charge in [0.25, 0.3) is 5.69 Å². The Bertz CT molecular complexity index is 1230. The summed E-state index contributed by atoms with van der Waals surface area (Å²) in [7, 11) is 1.08. The highest BCUT2D eigenvalue weighted by molar-refractivity contribution is 6.01. The molecule has 218 valence electrons. The third-order valence-electron chi connectivity index (χ3n) is 7.25. The van der Waals surface area contributed by atoms with Gasteiger partial charge in [-0.2, -0.15) is 0 Å². The van der Waals surface area contributed by atoms with Crippen molar-refractivity contribution in [1.82, 2.24) is 14.9 Å². The topological polar surface area (TPSA) is 146 Å². The van der Waals surface area contributed by atoms with Gasteiger partial charge in [0.15, 0.2) is 5.60 Å². The molecule has 12 nitrogen and oxygen atoms in total. The zero-order valence-corrected chi connectivity index (χ0v) is 23.7. The normalized spacial score (nSPS) is 20.9. The van der Waals surface area contributed by atoms with Crippen LogP contribution >= 0.6 is 0 Å². The standard InChI is InChI=1S/C28H38N4O8/c1-7-11-29-12-14-30(15-13-29)17-27(4,5)18-40-26(34)24-20(3)31(36)19(2)23(25(33)39-6)28(24,35)21-9-8-10-22(16-21)32(37)38/h7-10,16,35-36H,1,11-15,17-18H2,2-6H3. The summed E-state index contributed by atoms with van der Waals surface area (Å²) in [6.07, 6.45) is 1.88. The third kappa shape index (κ3) is 6.25. The minimum atomic E-state index is -2.50. The van der Waals surface area contributed by atoms with E-state index in [1.54, 1.807) is 0 Å². The lowest BCUT2D eigenvalue weighted by Crippen LogP contribution is -2.50. The molecule has 1 fully saturated rings. The van der Waals surface area contributed by atoms with Crippen LogP contribution in [0.5, 0.6) is 0 Å². The van der Waals surface area contributed by atoms with Crippen molar-refractivity contribution in [2.45, 2.75) is 33.3 Å². The number of hydrogen-bond acceptors (Lipinski definition) is 11. The number of allylic oxidation sites excluding steroid dienone is 2. The third-order valence-corrected chi connectivity index (χ3v) is 7.25. The van der Waals surface area contributed by atoms with Crippen LogP contribution in [0.4, 0.5) is 5.69 Å². The number of nitrogens with zero attached hydrogens (tertiary/aromatic N) is 4. The molecule has 1 aromatic rings. The predicted molar refractivity (Wildman–Crippen MR) is 146 cm³/mol. The van der Waals surface area contributed by atoms with Crippen LogP contribution in [-0.2, 0) is 24.7 Å². The molecule has 2 heterocycles. The fourth-order valence-corrected chi connectivity index (χ4v) is 5.23. The van der Waals surface area contributed by atoms with Gasteiger partial charge in [0, 0.05) is 62.4 Å². The summed E-state index contributed by atoms with van der Waals surface area (Å²) in [6, 6.07) is 4.97. The maximum absolute atomic E-state index is 13.7. The van der Waals surface area contributed by atoms with Gasteiger partial charge in [-0.05, 0) is 13.8 Å². The van der Waals surface area contributed by atoms with E-state index in [1.165, 1.54) is 32.0 Å². The van der Waals surface area contributed by atoms with Gasteiger partial charge in [0.1, 0.15) is 0 Å². The van der Waals surface area contributed by atoms with E-state index < -0.39 is 39.0 Å². The second-order valence-electron chi connectivity index (χ2n) is 10.8. The average molecular weight is 559 g/mol. The number of piperazine rings is 1. The van der Waals surface area contributed by atoms with Crippen molar-refractivity contribution in [2.24, 2.45) is 5.41 Å². The molecule has 0 amide bonds. The molecule has 40 heavy (non-hydrogen) atoms. The van der Waals surface area contributed by atoms with E-state index >= 15 is 0 Å². The van der Waals surface area contributed by atoms with Crippen LogP contribution in [0.25, 0.3) is 0 Å². The number of benzene rings is 1. The second kappa shape index (κ2) is 12.3. The van der Waals surface area contributed by atoms with Gasteiger partial charge in [-0.3, -0.25) is 20.2 Å². The SMILES string of the molecule is C=CCN1CCN(CC(C)(C)COC(=O)C2=C(C)N(O)C(C)=C(C(=O)OC)C2(O)c2cccc([N+](=O)[O-])c2)CC1. The molecule has 3 rings (SSSR count). The van der Waals surface area contributed by atoms with E-state index in [9.17, 15) is 30.0 Å². The van der Waals surface area contributed by atoms with Crippen LogP contribution in [0, 0.1) is 15.5 Å². The Morgan fingerprint density at radius 3 is 2.25 bits per heavy atom. The summed E-state index contributed by atoms with van der Waals surface area (Å²) in [5.74, 6) is -2.01. The first-order valence-corrected chi connectivity index (χ1v) is 13.0. The summed E-state index contributed by atoms with van der Waals surface area (Å²) in [6.45, 7) is 15.4. The van der Waals surface area contributed by atoms with Crippen LogP contribution < -0.4 is 0 Å².